The lowest BCUT2D eigenvalue weighted by molar-refractivity contribution is -0.895. The van der Waals surface area contributed by atoms with Crippen LogP contribution < -0.4 is 10.2 Å². The highest BCUT2D eigenvalue weighted by Gasteiger charge is 2.31. The zero-order chi connectivity index (χ0) is 20.0. The summed E-state index contributed by atoms with van der Waals surface area (Å²) in [4.78, 5) is 13.7. The van der Waals surface area contributed by atoms with Crippen molar-refractivity contribution in [3.05, 3.63) is 29.8 Å². The minimum atomic E-state index is -3.45. The third-order valence-corrected chi connectivity index (χ3v) is 7.00. The first-order valence-electron chi connectivity index (χ1n) is 9.88. The molecule has 0 aromatic heterocycles. The number of hydrogen-bond acceptors (Lipinski definition) is 3. The highest BCUT2D eigenvalue weighted by Crippen LogP contribution is 2.16. The zero-order valence-electron chi connectivity index (χ0n) is 17.0. The molecule has 0 radical (unpaired) electrons. The van der Waals surface area contributed by atoms with Crippen LogP contribution in [0.15, 0.2) is 29.2 Å². The van der Waals surface area contributed by atoms with Crippen molar-refractivity contribution < 1.29 is 18.1 Å². The number of amides is 1. The molecule has 1 heterocycles. The van der Waals surface area contributed by atoms with Gasteiger partial charge in [0, 0.05) is 6.04 Å². The smallest absolute Gasteiger partial charge is 0.275 e. The van der Waals surface area contributed by atoms with Crippen molar-refractivity contribution in [3.8, 4) is 0 Å². The van der Waals surface area contributed by atoms with Gasteiger partial charge in [-0.25, -0.2) is 8.42 Å². The molecular weight excluding hydrogens is 362 g/mol. The lowest BCUT2D eigenvalue weighted by Gasteiger charge is -2.31. The van der Waals surface area contributed by atoms with Crippen molar-refractivity contribution in [1.82, 2.24) is 9.62 Å². The average molecular weight is 397 g/mol. The Morgan fingerprint density at radius 2 is 1.70 bits per heavy atom. The first-order chi connectivity index (χ1) is 12.7. The van der Waals surface area contributed by atoms with E-state index in [1.807, 2.05) is 26.0 Å². The Balaban J connectivity index is 1.81. The topological polar surface area (TPSA) is 70.9 Å². The number of carbonyl (C=O) groups is 1. The lowest BCUT2D eigenvalue weighted by Crippen LogP contribution is -3.15. The van der Waals surface area contributed by atoms with Gasteiger partial charge in [0.25, 0.3) is 5.91 Å². The number of piperazine rings is 1. The summed E-state index contributed by atoms with van der Waals surface area (Å²) >= 11 is 0. The fourth-order valence-electron chi connectivity index (χ4n) is 3.29. The molecule has 6 nitrogen and oxygen atoms in total. The molecule has 1 aliphatic rings. The summed E-state index contributed by atoms with van der Waals surface area (Å²) in [5.74, 6) is 0.689. The van der Waals surface area contributed by atoms with Crippen LogP contribution in [-0.2, 0) is 14.8 Å². The van der Waals surface area contributed by atoms with Gasteiger partial charge in [0.1, 0.15) is 0 Å². The molecule has 0 unspecified atom stereocenters. The first-order valence-corrected chi connectivity index (χ1v) is 11.3. The maximum Gasteiger partial charge on any atom is 0.275 e. The molecule has 2 rings (SSSR count). The fraction of sp³-hybridized carbons (Fsp3) is 0.650. The van der Waals surface area contributed by atoms with Gasteiger partial charge in [0.2, 0.25) is 10.0 Å². The van der Waals surface area contributed by atoms with Gasteiger partial charge in [-0.15, -0.1) is 0 Å². The molecule has 1 aromatic rings. The molecule has 1 amide bonds. The van der Waals surface area contributed by atoms with E-state index in [0.29, 0.717) is 43.5 Å². The van der Waals surface area contributed by atoms with E-state index < -0.39 is 10.0 Å². The van der Waals surface area contributed by atoms with Crippen LogP contribution in [0.25, 0.3) is 0 Å². The van der Waals surface area contributed by atoms with Gasteiger partial charge in [-0.1, -0.05) is 31.5 Å². The normalized spacial score (nSPS) is 17.8. The van der Waals surface area contributed by atoms with Crippen LogP contribution in [0.1, 0.15) is 39.2 Å². The molecule has 152 valence electrons. The van der Waals surface area contributed by atoms with Crippen molar-refractivity contribution >= 4 is 15.9 Å². The number of aryl methyl sites for hydroxylation is 1. The van der Waals surface area contributed by atoms with Crippen LogP contribution in [0.4, 0.5) is 0 Å². The van der Waals surface area contributed by atoms with Crippen molar-refractivity contribution in [2.75, 3.05) is 32.7 Å². The Hall–Kier alpha value is -1.44. The summed E-state index contributed by atoms with van der Waals surface area (Å²) < 4.78 is 27.0. The Bertz CT molecular complexity index is 708. The minimum Gasteiger partial charge on any atom is -0.349 e. The standard InChI is InChI=1S/C20H33N3O3S/c1-16(2)5-8-18(4)21-20(24)15-22-11-13-23(14-12-22)27(25,26)19-9-6-17(3)7-10-19/h6-7,9-10,16,18H,5,8,11-15H2,1-4H3,(H,21,24)/p+1/t18-/m1/s1. The van der Waals surface area contributed by atoms with E-state index in [-0.39, 0.29) is 11.9 Å². The van der Waals surface area contributed by atoms with Crippen molar-refractivity contribution in [1.29, 1.82) is 0 Å². The molecule has 0 aliphatic carbocycles. The molecular formula is C20H34N3O3S+. The molecule has 1 fully saturated rings. The summed E-state index contributed by atoms with van der Waals surface area (Å²) in [5.41, 5.74) is 1.04. The Kier molecular flexibility index (Phi) is 7.82. The van der Waals surface area contributed by atoms with E-state index in [1.165, 1.54) is 4.31 Å². The quantitative estimate of drug-likeness (QED) is 0.684. The zero-order valence-corrected chi connectivity index (χ0v) is 17.8. The summed E-state index contributed by atoms with van der Waals surface area (Å²) in [6.45, 7) is 11.0. The molecule has 1 atom stereocenters. The van der Waals surface area contributed by atoms with E-state index in [9.17, 15) is 13.2 Å². The summed E-state index contributed by atoms with van der Waals surface area (Å²) in [6.07, 6.45) is 2.09. The maximum absolute atomic E-state index is 12.7. The van der Waals surface area contributed by atoms with Gasteiger partial charge >= 0.3 is 0 Å². The number of quaternary nitrogens is 1. The van der Waals surface area contributed by atoms with Gasteiger partial charge in [-0.2, -0.15) is 4.31 Å². The third-order valence-electron chi connectivity index (χ3n) is 5.08. The lowest BCUT2D eigenvalue weighted by atomic mass is 10.0. The van der Waals surface area contributed by atoms with Crippen LogP contribution in [0.5, 0.6) is 0 Å². The summed E-state index contributed by atoms with van der Waals surface area (Å²) in [7, 11) is -3.45. The molecule has 2 N–H and O–H groups in total. The van der Waals surface area contributed by atoms with Crippen molar-refractivity contribution in [3.63, 3.8) is 0 Å². The largest absolute Gasteiger partial charge is 0.349 e. The van der Waals surface area contributed by atoms with E-state index in [2.05, 4.69) is 19.2 Å². The second-order valence-electron chi connectivity index (χ2n) is 8.08. The van der Waals surface area contributed by atoms with Gasteiger partial charge in [0.05, 0.1) is 31.1 Å². The van der Waals surface area contributed by atoms with Gasteiger partial charge in [0.15, 0.2) is 6.54 Å². The maximum atomic E-state index is 12.7. The number of carbonyl (C=O) groups excluding carboxylic acids is 1. The second kappa shape index (κ2) is 9.66. The summed E-state index contributed by atoms with van der Waals surface area (Å²) in [6, 6.07) is 7.15. The van der Waals surface area contributed by atoms with Crippen molar-refractivity contribution in [2.24, 2.45) is 5.92 Å². The Morgan fingerprint density at radius 3 is 2.26 bits per heavy atom. The number of nitrogens with one attached hydrogen (secondary N) is 2. The molecule has 0 saturated carbocycles. The van der Waals surface area contributed by atoms with E-state index in [4.69, 9.17) is 0 Å². The second-order valence-corrected chi connectivity index (χ2v) is 10.0. The molecule has 1 saturated heterocycles. The first kappa shape index (κ1) is 21.9. The van der Waals surface area contributed by atoms with E-state index >= 15 is 0 Å². The van der Waals surface area contributed by atoms with Crippen LogP contribution in [-0.4, -0.2) is 57.4 Å². The van der Waals surface area contributed by atoms with Crippen LogP contribution in [0.3, 0.4) is 0 Å². The monoisotopic (exact) mass is 396 g/mol. The Labute approximate surface area is 164 Å². The van der Waals surface area contributed by atoms with Crippen molar-refractivity contribution in [2.45, 2.75) is 51.5 Å². The fourth-order valence-corrected chi connectivity index (χ4v) is 4.73. The van der Waals surface area contributed by atoms with Crippen LogP contribution in [0.2, 0.25) is 0 Å². The molecule has 27 heavy (non-hydrogen) atoms. The molecule has 0 bridgehead atoms. The summed E-state index contributed by atoms with van der Waals surface area (Å²) in [5, 5.41) is 3.06. The van der Waals surface area contributed by atoms with Gasteiger partial charge < -0.3 is 10.2 Å². The molecule has 0 spiro atoms. The highest BCUT2D eigenvalue weighted by molar-refractivity contribution is 7.89. The predicted molar refractivity (Wildman–Crippen MR) is 107 cm³/mol. The molecule has 1 aromatic carbocycles. The van der Waals surface area contributed by atoms with Gasteiger partial charge in [-0.05, 0) is 44.7 Å². The van der Waals surface area contributed by atoms with E-state index in [1.54, 1.807) is 12.1 Å². The number of benzene rings is 1. The number of sulfonamides is 1. The minimum absolute atomic E-state index is 0.0519. The average Bonchev–Trinajstić information content (AvgIpc) is 2.60. The van der Waals surface area contributed by atoms with Crippen LogP contribution >= 0.6 is 0 Å². The van der Waals surface area contributed by atoms with Gasteiger partial charge in [-0.3, -0.25) is 4.79 Å². The third kappa shape index (κ3) is 6.59. The molecule has 7 heteroatoms. The highest BCUT2D eigenvalue weighted by atomic mass is 32.2. The number of hydrogen-bond donors (Lipinski definition) is 2. The Morgan fingerprint density at radius 1 is 1.11 bits per heavy atom. The SMILES string of the molecule is Cc1ccc(S(=O)(=O)N2CC[NH+](CC(=O)N[C@H](C)CCC(C)C)CC2)cc1. The predicted octanol–water partition coefficient (Wildman–Crippen LogP) is 0.825. The number of nitrogens with zero attached hydrogens (tertiary/aromatic N) is 1. The van der Waals surface area contributed by atoms with E-state index in [0.717, 1.165) is 23.3 Å². The molecule has 1 aliphatic heterocycles. The number of rotatable bonds is 8. The van der Waals surface area contributed by atoms with Crippen LogP contribution in [0, 0.1) is 12.8 Å².